The fourth-order valence-corrected chi connectivity index (χ4v) is 1.72. The highest BCUT2D eigenvalue weighted by molar-refractivity contribution is 5.82. The number of hydrogen-bond acceptors (Lipinski definition) is 2. The minimum absolute atomic E-state index is 0.171. The third-order valence-electron chi connectivity index (χ3n) is 2.87. The van der Waals surface area contributed by atoms with Crippen molar-refractivity contribution >= 4 is 12.0 Å². The van der Waals surface area contributed by atoms with E-state index in [2.05, 4.69) is 10.6 Å². The molecule has 5 nitrogen and oxygen atoms in total. The van der Waals surface area contributed by atoms with Crippen molar-refractivity contribution in [2.45, 2.75) is 32.9 Å². The van der Waals surface area contributed by atoms with E-state index in [1.807, 2.05) is 37.3 Å². The third kappa shape index (κ3) is 4.62. The van der Waals surface area contributed by atoms with Crippen molar-refractivity contribution in [3.8, 4) is 0 Å². The highest BCUT2D eigenvalue weighted by atomic mass is 16.4. The SMILES string of the molecule is CC(C)[C@H](NC(=O)N[C@@H](C)c1ccccc1)C(=O)O. The van der Waals surface area contributed by atoms with Crippen LogP contribution in [0.3, 0.4) is 0 Å². The molecule has 0 spiro atoms. The molecule has 0 aromatic heterocycles. The van der Waals surface area contributed by atoms with E-state index in [-0.39, 0.29) is 12.0 Å². The number of hydrogen-bond donors (Lipinski definition) is 3. The van der Waals surface area contributed by atoms with Crippen LogP contribution in [0.15, 0.2) is 30.3 Å². The Balaban J connectivity index is 2.58. The molecule has 0 unspecified atom stereocenters. The molecule has 5 heteroatoms. The van der Waals surface area contributed by atoms with Crippen molar-refractivity contribution in [3.05, 3.63) is 35.9 Å². The second-order valence-corrected chi connectivity index (χ2v) is 4.81. The van der Waals surface area contributed by atoms with Crippen molar-refractivity contribution < 1.29 is 14.7 Å². The van der Waals surface area contributed by atoms with E-state index in [1.54, 1.807) is 13.8 Å². The lowest BCUT2D eigenvalue weighted by Crippen LogP contribution is -2.49. The number of aliphatic carboxylic acids is 1. The maximum Gasteiger partial charge on any atom is 0.326 e. The zero-order valence-corrected chi connectivity index (χ0v) is 11.4. The number of carboxylic acids is 1. The average Bonchev–Trinajstić information content (AvgIpc) is 2.36. The van der Waals surface area contributed by atoms with Crippen LogP contribution in [0, 0.1) is 5.92 Å². The standard InChI is InChI=1S/C14H20N2O3/c1-9(2)12(13(17)18)16-14(19)15-10(3)11-7-5-4-6-8-11/h4-10,12H,1-3H3,(H,17,18)(H2,15,16,19)/t10-,12-/m0/s1. The Labute approximate surface area is 113 Å². The van der Waals surface area contributed by atoms with Crippen LogP contribution in [0.1, 0.15) is 32.4 Å². The fourth-order valence-electron chi connectivity index (χ4n) is 1.72. The second-order valence-electron chi connectivity index (χ2n) is 4.81. The fraction of sp³-hybridized carbons (Fsp3) is 0.429. The zero-order valence-electron chi connectivity index (χ0n) is 11.4. The summed E-state index contributed by atoms with van der Waals surface area (Å²) in [6.45, 7) is 5.35. The molecule has 3 N–H and O–H groups in total. The lowest BCUT2D eigenvalue weighted by Gasteiger charge is -2.20. The van der Waals surface area contributed by atoms with Gasteiger partial charge in [-0.05, 0) is 18.4 Å². The molecule has 2 amide bonds. The quantitative estimate of drug-likeness (QED) is 0.762. The van der Waals surface area contributed by atoms with E-state index >= 15 is 0 Å². The Hall–Kier alpha value is -2.04. The first kappa shape index (κ1) is 15.0. The van der Waals surface area contributed by atoms with Gasteiger partial charge in [-0.3, -0.25) is 0 Å². The smallest absolute Gasteiger partial charge is 0.326 e. The number of nitrogens with one attached hydrogen (secondary N) is 2. The van der Waals surface area contributed by atoms with Crippen molar-refractivity contribution in [3.63, 3.8) is 0 Å². The molecule has 0 saturated heterocycles. The van der Waals surface area contributed by atoms with Crippen molar-refractivity contribution in [2.75, 3.05) is 0 Å². The third-order valence-corrected chi connectivity index (χ3v) is 2.87. The summed E-state index contributed by atoms with van der Waals surface area (Å²) in [4.78, 5) is 22.8. The van der Waals surface area contributed by atoms with Gasteiger partial charge in [-0.2, -0.15) is 0 Å². The summed E-state index contributed by atoms with van der Waals surface area (Å²) in [6, 6.07) is 7.95. The van der Waals surface area contributed by atoms with Crippen LogP contribution >= 0.6 is 0 Å². The van der Waals surface area contributed by atoms with E-state index in [1.165, 1.54) is 0 Å². The molecule has 0 saturated carbocycles. The Morgan fingerprint density at radius 1 is 1.05 bits per heavy atom. The molecular formula is C14H20N2O3. The Morgan fingerprint density at radius 3 is 2.11 bits per heavy atom. The van der Waals surface area contributed by atoms with Crippen LogP contribution in [-0.2, 0) is 4.79 Å². The molecule has 2 atom stereocenters. The van der Waals surface area contributed by atoms with Gasteiger partial charge in [0.1, 0.15) is 6.04 Å². The topological polar surface area (TPSA) is 78.4 Å². The normalized spacial score (nSPS) is 13.7. The summed E-state index contributed by atoms with van der Waals surface area (Å²) < 4.78 is 0. The number of carbonyl (C=O) groups is 2. The Morgan fingerprint density at radius 2 is 1.63 bits per heavy atom. The average molecular weight is 264 g/mol. The van der Waals surface area contributed by atoms with Gasteiger partial charge in [0, 0.05) is 0 Å². The van der Waals surface area contributed by atoms with Gasteiger partial charge in [-0.1, -0.05) is 44.2 Å². The predicted octanol–water partition coefficient (Wildman–Crippen LogP) is 2.16. The lowest BCUT2D eigenvalue weighted by atomic mass is 10.1. The van der Waals surface area contributed by atoms with Gasteiger partial charge in [0.15, 0.2) is 0 Å². The van der Waals surface area contributed by atoms with Crippen molar-refractivity contribution in [1.82, 2.24) is 10.6 Å². The molecule has 0 heterocycles. The van der Waals surface area contributed by atoms with Crippen LogP contribution in [-0.4, -0.2) is 23.1 Å². The zero-order chi connectivity index (χ0) is 14.4. The molecule has 19 heavy (non-hydrogen) atoms. The van der Waals surface area contributed by atoms with Gasteiger partial charge >= 0.3 is 12.0 Å². The van der Waals surface area contributed by atoms with Crippen LogP contribution in [0.4, 0.5) is 4.79 Å². The molecule has 0 aliphatic rings. The van der Waals surface area contributed by atoms with E-state index in [4.69, 9.17) is 5.11 Å². The summed E-state index contributed by atoms with van der Waals surface area (Å²) in [5, 5.41) is 14.2. The predicted molar refractivity (Wildman–Crippen MR) is 72.8 cm³/mol. The van der Waals surface area contributed by atoms with Crippen LogP contribution < -0.4 is 10.6 Å². The summed E-state index contributed by atoms with van der Waals surface area (Å²) in [6.07, 6.45) is 0. The summed E-state index contributed by atoms with van der Waals surface area (Å²) in [5.41, 5.74) is 0.967. The van der Waals surface area contributed by atoms with E-state index in [9.17, 15) is 9.59 Å². The Bertz CT molecular complexity index is 432. The molecule has 104 valence electrons. The van der Waals surface area contributed by atoms with Crippen molar-refractivity contribution in [1.29, 1.82) is 0 Å². The molecule has 0 radical (unpaired) electrons. The van der Waals surface area contributed by atoms with Gasteiger partial charge in [-0.15, -0.1) is 0 Å². The van der Waals surface area contributed by atoms with Gasteiger partial charge in [0.05, 0.1) is 6.04 Å². The summed E-state index contributed by atoms with van der Waals surface area (Å²) >= 11 is 0. The van der Waals surface area contributed by atoms with E-state index < -0.39 is 18.0 Å². The largest absolute Gasteiger partial charge is 0.480 e. The molecule has 0 bridgehead atoms. The molecule has 0 fully saturated rings. The number of rotatable bonds is 5. The monoisotopic (exact) mass is 264 g/mol. The number of carboxylic acid groups (broad SMARTS) is 1. The maximum absolute atomic E-state index is 11.8. The molecule has 1 aromatic rings. The first-order chi connectivity index (χ1) is 8.91. The minimum atomic E-state index is -1.03. The first-order valence-electron chi connectivity index (χ1n) is 6.26. The molecule has 1 rings (SSSR count). The van der Waals surface area contributed by atoms with Gasteiger partial charge in [0.2, 0.25) is 0 Å². The highest BCUT2D eigenvalue weighted by Crippen LogP contribution is 2.11. The molecule has 0 aliphatic heterocycles. The minimum Gasteiger partial charge on any atom is -0.480 e. The van der Waals surface area contributed by atoms with Crippen LogP contribution in [0.2, 0.25) is 0 Å². The number of amides is 2. The second kappa shape index (κ2) is 6.78. The van der Waals surface area contributed by atoms with E-state index in [0.717, 1.165) is 5.56 Å². The number of benzene rings is 1. The highest BCUT2D eigenvalue weighted by Gasteiger charge is 2.23. The first-order valence-corrected chi connectivity index (χ1v) is 6.26. The Kier molecular flexibility index (Phi) is 5.36. The molecular weight excluding hydrogens is 244 g/mol. The van der Waals surface area contributed by atoms with Crippen molar-refractivity contribution in [2.24, 2.45) is 5.92 Å². The maximum atomic E-state index is 11.8. The molecule has 1 aromatic carbocycles. The summed E-state index contributed by atoms with van der Waals surface area (Å²) in [7, 11) is 0. The lowest BCUT2D eigenvalue weighted by molar-refractivity contribution is -0.140. The molecule has 0 aliphatic carbocycles. The van der Waals surface area contributed by atoms with Gasteiger partial charge in [0.25, 0.3) is 0 Å². The van der Waals surface area contributed by atoms with Gasteiger partial charge < -0.3 is 15.7 Å². The van der Waals surface area contributed by atoms with Crippen LogP contribution in [0.5, 0.6) is 0 Å². The van der Waals surface area contributed by atoms with E-state index in [0.29, 0.717) is 0 Å². The van der Waals surface area contributed by atoms with Gasteiger partial charge in [-0.25, -0.2) is 9.59 Å². The number of urea groups is 1. The number of carbonyl (C=O) groups excluding carboxylic acids is 1. The summed E-state index contributed by atoms with van der Waals surface area (Å²) in [5.74, 6) is -1.20. The van der Waals surface area contributed by atoms with Crippen LogP contribution in [0.25, 0.3) is 0 Å².